The zero-order chi connectivity index (χ0) is 30.3. The van der Waals surface area contributed by atoms with Gasteiger partial charge in [-0.25, -0.2) is 0 Å². The van der Waals surface area contributed by atoms with E-state index in [-0.39, 0.29) is 11.6 Å². The summed E-state index contributed by atoms with van der Waals surface area (Å²) < 4.78 is 80.3. The van der Waals surface area contributed by atoms with E-state index in [9.17, 15) is 31.6 Å². The molecule has 0 atom stereocenters. The number of thioether (sulfide) groups is 1. The molecule has 0 aromatic heterocycles. The molecular formula is C33H22F6N2S. The van der Waals surface area contributed by atoms with Crippen LogP contribution in [-0.2, 0) is 12.4 Å². The van der Waals surface area contributed by atoms with E-state index in [1.165, 1.54) is 30.0 Å². The SMILES string of the molecule is C=C/C=C(/C=C(\C#N)c1cc(C(F)(F)F)cc(C(F)(F)F)c1)Sc1ccc(N(c2ccccc2)c2ccccc2)cc1. The summed E-state index contributed by atoms with van der Waals surface area (Å²) in [6.45, 7) is 3.64. The Morgan fingerprint density at radius 1 is 0.714 bits per heavy atom. The maximum absolute atomic E-state index is 13.4. The molecule has 0 aliphatic carbocycles. The first-order chi connectivity index (χ1) is 20.0. The quantitative estimate of drug-likeness (QED) is 0.0881. The predicted molar refractivity (Wildman–Crippen MR) is 155 cm³/mol. The molecule has 212 valence electrons. The van der Waals surface area contributed by atoms with Gasteiger partial charge < -0.3 is 4.90 Å². The van der Waals surface area contributed by atoms with Crippen LogP contribution in [0.25, 0.3) is 5.57 Å². The molecule has 4 aromatic carbocycles. The fourth-order valence-electron chi connectivity index (χ4n) is 4.06. The van der Waals surface area contributed by atoms with Gasteiger partial charge in [0.25, 0.3) is 0 Å². The zero-order valence-corrected chi connectivity index (χ0v) is 22.6. The highest BCUT2D eigenvalue weighted by molar-refractivity contribution is 8.03. The second-order valence-corrected chi connectivity index (χ2v) is 10.0. The van der Waals surface area contributed by atoms with Crippen molar-refractivity contribution in [2.75, 3.05) is 4.90 Å². The molecule has 0 aliphatic heterocycles. The van der Waals surface area contributed by atoms with E-state index in [4.69, 9.17) is 0 Å². The third-order valence-corrected chi connectivity index (χ3v) is 6.94. The Morgan fingerprint density at radius 2 is 1.19 bits per heavy atom. The second-order valence-electron chi connectivity index (χ2n) is 8.87. The molecule has 4 rings (SSSR count). The highest BCUT2D eigenvalue weighted by Gasteiger charge is 2.37. The molecule has 0 bridgehead atoms. The monoisotopic (exact) mass is 592 g/mol. The van der Waals surface area contributed by atoms with E-state index < -0.39 is 29.0 Å². The maximum Gasteiger partial charge on any atom is 0.416 e. The average molecular weight is 593 g/mol. The van der Waals surface area contributed by atoms with E-state index in [1.54, 1.807) is 6.07 Å². The molecule has 0 aliphatic rings. The van der Waals surface area contributed by atoms with Crippen molar-refractivity contribution in [3.05, 3.63) is 150 Å². The van der Waals surface area contributed by atoms with Crippen LogP contribution in [0.3, 0.4) is 0 Å². The van der Waals surface area contributed by atoms with Gasteiger partial charge in [0.2, 0.25) is 0 Å². The number of para-hydroxylation sites is 2. The smallest absolute Gasteiger partial charge is 0.311 e. The highest BCUT2D eigenvalue weighted by atomic mass is 32.2. The van der Waals surface area contributed by atoms with E-state index >= 15 is 0 Å². The van der Waals surface area contributed by atoms with Gasteiger partial charge in [-0.15, -0.1) is 0 Å². The first-order valence-corrected chi connectivity index (χ1v) is 13.2. The molecule has 4 aromatic rings. The molecule has 0 N–H and O–H groups in total. The lowest BCUT2D eigenvalue weighted by atomic mass is 9.99. The Balaban J connectivity index is 1.67. The van der Waals surface area contributed by atoms with Gasteiger partial charge in [0, 0.05) is 26.9 Å². The molecule has 0 fully saturated rings. The van der Waals surface area contributed by atoms with Crippen LogP contribution in [-0.4, -0.2) is 0 Å². The Bertz CT molecular complexity index is 1560. The van der Waals surface area contributed by atoms with Crippen LogP contribution >= 0.6 is 11.8 Å². The summed E-state index contributed by atoms with van der Waals surface area (Å²) in [6.07, 6.45) is -5.87. The predicted octanol–water partition coefficient (Wildman–Crippen LogP) is 11.0. The topological polar surface area (TPSA) is 27.0 Å². The Hall–Kier alpha value is -4.68. The van der Waals surface area contributed by atoms with E-state index in [1.807, 2.05) is 84.9 Å². The second kappa shape index (κ2) is 12.9. The summed E-state index contributed by atoms with van der Waals surface area (Å²) in [4.78, 5) is 3.18. The molecule has 0 heterocycles. The van der Waals surface area contributed by atoms with Gasteiger partial charge in [-0.1, -0.05) is 60.8 Å². The Kier molecular flexibility index (Phi) is 9.28. The average Bonchev–Trinajstić information content (AvgIpc) is 2.97. The van der Waals surface area contributed by atoms with Crippen LogP contribution in [0.1, 0.15) is 16.7 Å². The minimum absolute atomic E-state index is 0.0312. The number of hydrogen-bond acceptors (Lipinski definition) is 3. The van der Waals surface area contributed by atoms with Gasteiger partial charge in [0.1, 0.15) is 0 Å². The number of hydrogen-bond donors (Lipinski definition) is 0. The van der Waals surface area contributed by atoms with Gasteiger partial charge in [-0.05, 0) is 84.4 Å². The molecule has 2 nitrogen and oxygen atoms in total. The number of anilines is 3. The lowest BCUT2D eigenvalue weighted by Gasteiger charge is -2.25. The molecule has 0 saturated carbocycles. The fourth-order valence-corrected chi connectivity index (χ4v) is 4.95. The first-order valence-electron chi connectivity index (χ1n) is 12.4. The summed E-state index contributed by atoms with van der Waals surface area (Å²) in [6, 6.07) is 29.8. The summed E-state index contributed by atoms with van der Waals surface area (Å²) in [7, 11) is 0. The minimum atomic E-state index is -5.03. The molecule has 0 amide bonds. The van der Waals surface area contributed by atoms with Crippen LogP contribution in [0.4, 0.5) is 43.4 Å². The molecule has 42 heavy (non-hydrogen) atoms. The lowest BCUT2D eigenvalue weighted by molar-refractivity contribution is -0.143. The Labute approximate surface area is 243 Å². The number of benzene rings is 4. The van der Waals surface area contributed by atoms with Gasteiger partial charge in [-0.3, -0.25) is 0 Å². The van der Waals surface area contributed by atoms with E-state index in [0.29, 0.717) is 17.0 Å². The number of alkyl halides is 6. The van der Waals surface area contributed by atoms with Crippen molar-refractivity contribution in [3.63, 3.8) is 0 Å². The first kappa shape index (κ1) is 30.3. The Morgan fingerprint density at radius 3 is 1.62 bits per heavy atom. The largest absolute Gasteiger partial charge is 0.416 e. The number of nitrogens with zero attached hydrogens (tertiary/aromatic N) is 2. The summed E-state index contributed by atoms with van der Waals surface area (Å²) in [5, 5.41) is 9.72. The molecule has 0 spiro atoms. The third-order valence-electron chi connectivity index (χ3n) is 5.95. The molecule has 0 unspecified atom stereocenters. The van der Waals surface area contributed by atoms with Crippen molar-refractivity contribution in [1.29, 1.82) is 5.26 Å². The van der Waals surface area contributed by atoms with Gasteiger partial charge in [0.15, 0.2) is 0 Å². The summed E-state index contributed by atoms with van der Waals surface area (Å²) in [5.41, 5.74) is -1.09. The minimum Gasteiger partial charge on any atom is -0.311 e. The van der Waals surface area contributed by atoms with Gasteiger partial charge in [0.05, 0.1) is 22.8 Å². The van der Waals surface area contributed by atoms with Crippen molar-refractivity contribution in [3.8, 4) is 6.07 Å². The standard InChI is InChI=1S/C33H22F6N2S/c1-2-9-31(20-24(22-40)23-18-25(32(34,35)36)21-26(19-23)33(37,38)39)42-30-16-14-29(15-17-30)41(27-10-5-3-6-11-27)28-12-7-4-8-13-28/h2-21H,1H2/b24-20+,31-9-. The normalized spacial score (nSPS) is 12.5. The van der Waals surface area contributed by atoms with Crippen molar-refractivity contribution in [2.24, 2.45) is 0 Å². The highest BCUT2D eigenvalue weighted by Crippen LogP contribution is 2.39. The lowest BCUT2D eigenvalue weighted by Crippen LogP contribution is -2.11. The van der Waals surface area contributed by atoms with Crippen LogP contribution in [0.5, 0.6) is 0 Å². The van der Waals surface area contributed by atoms with Crippen LogP contribution in [0.2, 0.25) is 0 Å². The molecule has 0 radical (unpaired) electrons. The van der Waals surface area contributed by atoms with Gasteiger partial charge >= 0.3 is 12.4 Å². The van der Waals surface area contributed by atoms with Crippen LogP contribution in [0.15, 0.2) is 138 Å². The number of rotatable bonds is 8. The van der Waals surface area contributed by atoms with Crippen molar-refractivity contribution in [1.82, 2.24) is 0 Å². The molecular weight excluding hydrogens is 570 g/mol. The summed E-state index contributed by atoms with van der Waals surface area (Å²) in [5.74, 6) is 0. The third kappa shape index (κ3) is 7.53. The summed E-state index contributed by atoms with van der Waals surface area (Å²) >= 11 is 1.18. The van der Waals surface area contributed by atoms with E-state index in [0.717, 1.165) is 22.0 Å². The number of allylic oxidation sites excluding steroid dienone is 4. The number of nitriles is 1. The fraction of sp³-hybridized carbons (Fsp3) is 0.0606. The van der Waals surface area contributed by atoms with Gasteiger partial charge in [-0.2, -0.15) is 31.6 Å². The van der Waals surface area contributed by atoms with E-state index in [2.05, 4.69) is 11.5 Å². The number of halogens is 6. The van der Waals surface area contributed by atoms with Crippen LogP contribution < -0.4 is 4.90 Å². The van der Waals surface area contributed by atoms with Crippen molar-refractivity contribution in [2.45, 2.75) is 17.2 Å². The zero-order valence-electron chi connectivity index (χ0n) is 21.8. The van der Waals surface area contributed by atoms with Crippen molar-refractivity contribution < 1.29 is 26.3 Å². The van der Waals surface area contributed by atoms with Crippen LogP contribution in [0, 0.1) is 11.3 Å². The molecule has 9 heteroatoms. The van der Waals surface area contributed by atoms with Crippen molar-refractivity contribution >= 4 is 34.4 Å². The maximum atomic E-state index is 13.4. The molecule has 0 saturated heterocycles.